The molecule has 27 heavy (non-hydrogen) atoms. The van der Waals surface area contributed by atoms with Crippen LogP contribution < -0.4 is 9.64 Å². The predicted octanol–water partition coefficient (Wildman–Crippen LogP) is -0.300. The molecular formula is C19H24N2O6. The van der Waals surface area contributed by atoms with Gasteiger partial charge in [-0.2, -0.15) is 0 Å². The van der Waals surface area contributed by atoms with Crippen LogP contribution in [0, 0.1) is 0 Å². The summed E-state index contributed by atoms with van der Waals surface area (Å²) in [5.41, 5.74) is 0.999. The normalized spacial score (nSPS) is 13.9. The Labute approximate surface area is 157 Å². The van der Waals surface area contributed by atoms with Gasteiger partial charge in [0.2, 0.25) is 11.6 Å². The van der Waals surface area contributed by atoms with E-state index in [0.29, 0.717) is 18.8 Å². The quantitative estimate of drug-likeness (QED) is 0.478. The van der Waals surface area contributed by atoms with E-state index in [4.69, 9.17) is 20.1 Å². The van der Waals surface area contributed by atoms with Gasteiger partial charge in [0.05, 0.1) is 25.5 Å². The predicted molar refractivity (Wildman–Crippen MR) is 99.4 cm³/mol. The average molecular weight is 376 g/mol. The number of anilines is 1. The van der Waals surface area contributed by atoms with E-state index in [2.05, 4.69) is 0 Å². The molecule has 0 spiro atoms. The fourth-order valence-corrected chi connectivity index (χ4v) is 2.64. The van der Waals surface area contributed by atoms with Gasteiger partial charge in [0.15, 0.2) is 5.76 Å². The first-order valence-electron chi connectivity index (χ1n) is 8.58. The maximum atomic E-state index is 12.2. The Bertz CT molecular complexity index is 720. The molecule has 1 aliphatic carbocycles. The van der Waals surface area contributed by atoms with E-state index < -0.39 is 5.78 Å². The standard InChI is InChI=1S/C19H24N2O6/c1-20(6-9-22)16-12-18(26)19(13-17(16)25)27-15-4-2-14(3-5-15)21(7-10-23)8-11-24/h2-5,12-13,22-24H,6-11H2,1H3. The molecule has 0 bridgehead atoms. The highest BCUT2D eigenvalue weighted by Gasteiger charge is 2.24. The summed E-state index contributed by atoms with van der Waals surface area (Å²) in [7, 11) is 1.62. The van der Waals surface area contributed by atoms with Crippen LogP contribution in [0.3, 0.4) is 0 Å². The third-order valence-electron chi connectivity index (χ3n) is 4.04. The molecule has 0 fully saturated rings. The van der Waals surface area contributed by atoms with E-state index in [9.17, 15) is 9.59 Å². The van der Waals surface area contributed by atoms with Gasteiger partial charge in [-0.1, -0.05) is 0 Å². The summed E-state index contributed by atoms with van der Waals surface area (Å²) in [5.74, 6) is -0.481. The van der Waals surface area contributed by atoms with Crippen LogP contribution in [0.4, 0.5) is 5.69 Å². The molecule has 1 aliphatic rings. The number of hydrogen-bond acceptors (Lipinski definition) is 8. The van der Waals surface area contributed by atoms with Crippen LogP contribution in [0.2, 0.25) is 0 Å². The maximum Gasteiger partial charge on any atom is 0.223 e. The second-order valence-electron chi connectivity index (χ2n) is 5.94. The van der Waals surface area contributed by atoms with E-state index in [0.717, 1.165) is 11.8 Å². The van der Waals surface area contributed by atoms with E-state index in [1.165, 1.54) is 11.0 Å². The third kappa shape index (κ3) is 5.40. The number of rotatable bonds is 10. The van der Waals surface area contributed by atoms with E-state index >= 15 is 0 Å². The van der Waals surface area contributed by atoms with Crippen LogP contribution in [0.1, 0.15) is 0 Å². The van der Waals surface area contributed by atoms with Crippen molar-refractivity contribution in [3.8, 4) is 5.75 Å². The lowest BCUT2D eigenvalue weighted by atomic mass is 10.1. The molecule has 1 aromatic rings. The smallest absolute Gasteiger partial charge is 0.223 e. The van der Waals surface area contributed by atoms with Gasteiger partial charge in [-0.3, -0.25) is 9.59 Å². The molecule has 0 heterocycles. The van der Waals surface area contributed by atoms with E-state index in [-0.39, 0.29) is 43.6 Å². The second kappa shape index (κ2) is 9.86. The largest absolute Gasteiger partial charge is 0.453 e. The minimum atomic E-state index is -0.430. The Balaban J connectivity index is 2.08. The monoisotopic (exact) mass is 376 g/mol. The molecule has 8 heteroatoms. The first-order chi connectivity index (χ1) is 13.0. The summed E-state index contributed by atoms with van der Waals surface area (Å²) in [6.07, 6.45) is 2.34. The van der Waals surface area contributed by atoms with Crippen molar-refractivity contribution in [2.75, 3.05) is 51.4 Å². The lowest BCUT2D eigenvalue weighted by Gasteiger charge is -2.23. The Morgan fingerprint density at radius 1 is 0.852 bits per heavy atom. The van der Waals surface area contributed by atoms with E-state index in [1.54, 1.807) is 31.3 Å². The molecule has 0 radical (unpaired) electrons. The van der Waals surface area contributed by atoms with Crippen LogP contribution in [0.15, 0.2) is 47.9 Å². The molecule has 2 rings (SSSR count). The number of aliphatic hydroxyl groups excluding tert-OH is 3. The lowest BCUT2D eigenvalue weighted by molar-refractivity contribution is -0.117. The highest BCUT2D eigenvalue weighted by Crippen LogP contribution is 2.23. The number of carbonyl (C=O) groups excluding carboxylic acids is 2. The highest BCUT2D eigenvalue weighted by atomic mass is 16.5. The maximum absolute atomic E-state index is 12.2. The van der Waals surface area contributed by atoms with E-state index in [1.807, 2.05) is 4.90 Å². The van der Waals surface area contributed by atoms with Crippen molar-refractivity contribution in [3.05, 3.63) is 47.9 Å². The summed E-state index contributed by atoms with van der Waals surface area (Å²) in [4.78, 5) is 27.7. The van der Waals surface area contributed by atoms with Gasteiger partial charge in [0, 0.05) is 44.5 Å². The van der Waals surface area contributed by atoms with Crippen molar-refractivity contribution in [1.29, 1.82) is 0 Å². The van der Waals surface area contributed by atoms with Gasteiger partial charge in [0.25, 0.3) is 0 Å². The molecule has 0 amide bonds. The number of aliphatic hydroxyl groups is 3. The summed E-state index contributed by atoms with van der Waals surface area (Å²) < 4.78 is 5.54. The van der Waals surface area contributed by atoms with Crippen LogP contribution in [-0.4, -0.2) is 78.3 Å². The van der Waals surface area contributed by atoms with Crippen LogP contribution >= 0.6 is 0 Å². The lowest BCUT2D eigenvalue weighted by Crippen LogP contribution is -2.30. The van der Waals surface area contributed by atoms with Crippen molar-refractivity contribution in [2.45, 2.75) is 0 Å². The van der Waals surface area contributed by atoms with Gasteiger partial charge in [0.1, 0.15) is 5.75 Å². The molecule has 0 saturated heterocycles. The Morgan fingerprint density at radius 3 is 2.00 bits per heavy atom. The van der Waals surface area contributed by atoms with Crippen LogP contribution in [0.5, 0.6) is 5.75 Å². The Hall–Kier alpha value is -2.68. The molecule has 0 aromatic heterocycles. The van der Waals surface area contributed by atoms with Gasteiger partial charge >= 0.3 is 0 Å². The van der Waals surface area contributed by atoms with Crippen molar-refractivity contribution in [3.63, 3.8) is 0 Å². The number of nitrogens with zero attached hydrogens (tertiary/aromatic N) is 2. The second-order valence-corrected chi connectivity index (χ2v) is 5.94. The summed E-state index contributed by atoms with van der Waals surface area (Å²) in [6, 6.07) is 6.78. The Kier molecular flexibility index (Phi) is 7.54. The number of ether oxygens (including phenoxy) is 1. The molecule has 0 saturated carbocycles. The topological polar surface area (TPSA) is 111 Å². The first kappa shape index (κ1) is 20.6. The van der Waals surface area contributed by atoms with Gasteiger partial charge in [-0.25, -0.2) is 0 Å². The first-order valence-corrected chi connectivity index (χ1v) is 8.58. The number of ketones is 2. The molecule has 8 nitrogen and oxygen atoms in total. The molecule has 1 aromatic carbocycles. The molecular weight excluding hydrogens is 352 g/mol. The SMILES string of the molecule is CN(CCO)C1=CC(=O)C(Oc2ccc(N(CCO)CCO)cc2)=CC1=O. The highest BCUT2D eigenvalue weighted by molar-refractivity contribution is 6.18. The fraction of sp³-hybridized carbons (Fsp3) is 0.368. The minimum Gasteiger partial charge on any atom is -0.453 e. The zero-order chi connectivity index (χ0) is 19.8. The number of likely N-dealkylation sites (N-methyl/N-ethyl adjacent to an activating group) is 1. The van der Waals surface area contributed by atoms with Crippen LogP contribution in [0.25, 0.3) is 0 Å². The summed E-state index contributed by atoms with van der Waals surface area (Å²) in [6.45, 7) is 0.802. The van der Waals surface area contributed by atoms with Crippen molar-refractivity contribution in [2.24, 2.45) is 0 Å². The molecule has 0 atom stereocenters. The fourth-order valence-electron chi connectivity index (χ4n) is 2.64. The number of hydrogen-bond donors (Lipinski definition) is 3. The minimum absolute atomic E-state index is 0.0405. The van der Waals surface area contributed by atoms with Crippen LogP contribution in [-0.2, 0) is 9.59 Å². The average Bonchev–Trinajstić information content (AvgIpc) is 2.65. The summed E-state index contributed by atoms with van der Waals surface area (Å²) in [5, 5.41) is 27.2. The number of carbonyl (C=O) groups is 2. The summed E-state index contributed by atoms with van der Waals surface area (Å²) >= 11 is 0. The molecule has 3 N–H and O–H groups in total. The Morgan fingerprint density at radius 2 is 1.44 bits per heavy atom. The molecule has 0 aliphatic heterocycles. The zero-order valence-corrected chi connectivity index (χ0v) is 15.2. The molecule has 146 valence electrons. The van der Waals surface area contributed by atoms with Crippen molar-refractivity contribution in [1.82, 2.24) is 4.90 Å². The van der Waals surface area contributed by atoms with Gasteiger partial charge < -0.3 is 29.9 Å². The number of allylic oxidation sites excluding steroid dienone is 2. The number of benzene rings is 1. The van der Waals surface area contributed by atoms with Crippen molar-refractivity contribution >= 4 is 17.3 Å². The van der Waals surface area contributed by atoms with Crippen molar-refractivity contribution < 1.29 is 29.6 Å². The molecule has 0 unspecified atom stereocenters. The zero-order valence-electron chi connectivity index (χ0n) is 15.2. The third-order valence-corrected chi connectivity index (χ3v) is 4.04. The van der Waals surface area contributed by atoms with Gasteiger partial charge in [-0.15, -0.1) is 0 Å². The van der Waals surface area contributed by atoms with Gasteiger partial charge in [-0.05, 0) is 24.3 Å².